The number of nitrogens with two attached hydrogens (primary N) is 1. The lowest BCUT2D eigenvalue weighted by atomic mass is 10.3. The summed E-state index contributed by atoms with van der Waals surface area (Å²) >= 11 is 0. The molecule has 0 aliphatic carbocycles. The zero-order valence-electron chi connectivity index (χ0n) is 9.78. The van der Waals surface area contributed by atoms with E-state index < -0.39 is 20.8 Å². The van der Waals surface area contributed by atoms with Gasteiger partial charge in [-0.25, -0.2) is 8.42 Å². The zero-order valence-corrected chi connectivity index (χ0v) is 11.4. The van der Waals surface area contributed by atoms with Crippen molar-refractivity contribution in [1.29, 1.82) is 0 Å². The molecule has 0 bridgehead atoms. The van der Waals surface area contributed by atoms with Gasteiger partial charge in [-0.15, -0.1) is 0 Å². The first-order valence-corrected chi connectivity index (χ1v) is 8.47. The molecule has 1 saturated heterocycles. The van der Waals surface area contributed by atoms with Crippen molar-refractivity contribution in [3.8, 4) is 0 Å². The first kappa shape index (κ1) is 13.6. The third-order valence-electron chi connectivity index (χ3n) is 2.80. The lowest BCUT2D eigenvalue weighted by Gasteiger charge is -2.26. The minimum absolute atomic E-state index is 0.0785. The molecule has 0 spiro atoms. The number of rotatable bonds is 3. The van der Waals surface area contributed by atoms with Crippen LogP contribution in [0.2, 0.25) is 0 Å². The van der Waals surface area contributed by atoms with E-state index in [2.05, 4.69) is 4.98 Å². The monoisotopic (exact) mass is 289 g/mol. The Balaban J connectivity index is 2.33. The van der Waals surface area contributed by atoms with Gasteiger partial charge < -0.3 is 5.73 Å². The van der Waals surface area contributed by atoms with E-state index in [-0.39, 0.29) is 24.5 Å². The van der Waals surface area contributed by atoms with Crippen LogP contribution in [0.15, 0.2) is 23.2 Å². The Morgan fingerprint density at radius 3 is 2.67 bits per heavy atom. The van der Waals surface area contributed by atoms with Crippen molar-refractivity contribution in [1.82, 2.24) is 9.29 Å². The minimum atomic E-state index is -3.57. The molecule has 2 heterocycles. The van der Waals surface area contributed by atoms with Crippen LogP contribution in [-0.2, 0) is 27.4 Å². The van der Waals surface area contributed by atoms with E-state index in [0.717, 1.165) is 0 Å². The second kappa shape index (κ2) is 5.43. The Bertz CT molecular complexity index is 549. The predicted octanol–water partition coefficient (Wildman–Crippen LogP) is -0.707. The fourth-order valence-corrected chi connectivity index (χ4v) is 4.72. The van der Waals surface area contributed by atoms with Gasteiger partial charge in [0, 0.05) is 48.1 Å². The van der Waals surface area contributed by atoms with Crippen LogP contribution in [0.25, 0.3) is 0 Å². The zero-order chi connectivity index (χ0) is 13.2. The lowest BCUT2D eigenvalue weighted by molar-refractivity contribution is 0.437. The maximum absolute atomic E-state index is 12.4. The van der Waals surface area contributed by atoms with Crippen LogP contribution in [-0.4, -0.2) is 46.5 Å². The lowest BCUT2D eigenvalue weighted by Crippen LogP contribution is -2.42. The SMILES string of the molecule is NCc1ncccc1S(=O)(=O)N1CCS(=O)CC1. The second-order valence-electron chi connectivity index (χ2n) is 3.90. The summed E-state index contributed by atoms with van der Waals surface area (Å²) in [5.74, 6) is 0.773. The number of pyridine rings is 1. The molecule has 2 rings (SSSR count). The molecule has 1 aromatic rings. The number of hydrogen-bond acceptors (Lipinski definition) is 5. The normalized spacial score (nSPS) is 18.9. The highest BCUT2D eigenvalue weighted by atomic mass is 32.2. The molecule has 0 atom stereocenters. The van der Waals surface area contributed by atoms with Crippen LogP contribution in [0.5, 0.6) is 0 Å². The van der Waals surface area contributed by atoms with Gasteiger partial charge in [0.05, 0.1) is 5.69 Å². The van der Waals surface area contributed by atoms with Gasteiger partial charge in [0.2, 0.25) is 10.0 Å². The van der Waals surface area contributed by atoms with Gasteiger partial charge in [-0.2, -0.15) is 4.31 Å². The summed E-state index contributed by atoms with van der Waals surface area (Å²) in [6.45, 7) is 0.650. The van der Waals surface area contributed by atoms with Crippen LogP contribution in [0.3, 0.4) is 0 Å². The summed E-state index contributed by atoms with van der Waals surface area (Å²) < 4.78 is 37.4. The van der Waals surface area contributed by atoms with Gasteiger partial charge in [0.25, 0.3) is 0 Å². The molecule has 100 valence electrons. The molecule has 0 radical (unpaired) electrons. The molecular weight excluding hydrogens is 274 g/mol. The maximum atomic E-state index is 12.4. The van der Waals surface area contributed by atoms with Gasteiger partial charge >= 0.3 is 0 Å². The molecular formula is C10H15N3O3S2. The molecule has 1 aliphatic heterocycles. The number of aromatic nitrogens is 1. The van der Waals surface area contributed by atoms with Crippen molar-refractivity contribution in [2.45, 2.75) is 11.4 Å². The quantitative estimate of drug-likeness (QED) is 0.793. The average molecular weight is 289 g/mol. The van der Waals surface area contributed by atoms with Crippen LogP contribution in [0, 0.1) is 0 Å². The molecule has 18 heavy (non-hydrogen) atoms. The largest absolute Gasteiger partial charge is 0.325 e. The molecule has 2 N–H and O–H groups in total. The van der Waals surface area contributed by atoms with Crippen LogP contribution in [0.4, 0.5) is 0 Å². The van der Waals surface area contributed by atoms with Gasteiger partial charge in [-0.1, -0.05) is 0 Å². The topological polar surface area (TPSA) is 93.4 Å². The van der Waals surface area contributed by atoms with Crippen molar-refractivity contribution in [3.05, 3.63) is 24.0 Å². The van der Waals surface area contributed by atoms with E-state index in [9.17, 15) is 12.6 Å². The van der Waals surface area contributed by atoms with Crippen LogP contribution in [0.1, 0.15) is 5.69 Å². The fourth-order valence-electron chi connectivity index (χ4n) is 1.81. The molecule has 0 saturated carbocycles. The molecule has 0 aromatic carbocycles. The molecule has 1 fully saturated rings. The first-order valence-electron chi connectivity index (χ1n) is 5.55. The van der Waals surface area contributed by atoms with Crippen molar-refractivity contribution in [2.24, 2.45) is 5.73 Å². The summed E-state index contributed by atoms with van der Waals surface area (Å²) in [6.07, 6.45) is 1.52. The Morgan fingerprint density at radius 1 is 1.39 bits per heavy atom. The molecule has 6 nitrogen and oxygen atoms in total. The van der Waals surface area contributed by atoms with Crippen molar-refractivity contribution in [2.75, 3.05) is 24.6 Å². The Hall–Kier alpha value is -0.830. The van der Waals surface area contributed by atoms with E-state index in [0.29, 0.717) is 17.2 Å². The Labute approximate surface area is 109 Å². The predicted molar refractivity (Wildman–Crippen MR) is 68.8 cm³/mol. The van der Waals surface area contributed by atoms with E-state index in [4.69, 9.17) is 5.73 Å². The van der Waals surface area contributed by atoms with Gasteiger partial charge in [0.1, 0.15) is 4.90 Å². The second-order valence-corrected chi connectivity index (χ2v) is 7.51. The van der Waals surface area contributed by atoms with Gasteiger partial charge in [-0.05, 0) is 12.1 Å². The highest BCUT2D eigenvalue weighted by molar-refractivity contribution is 7.89. The van der Waals surface area contributed by atoms with Crippen LogP contribution < -0.4 is 5.73 Å². The van der Waals surface area contributed by atoms with E-state index >= 15 is 0 Å². The molecule has 1 aliphatic rings. The summed E-state index contributed by atoms with van der Waals surface area (Å²) in [4.78, 5) is 4.14. The fraction of sp³-hybridized carbons (Fsp3) is 0.500. The minimum Gasteiger partial charge on any atom is -0.325 e. The first-order chi connectivity index (χ1) is 8.55. The molecule has 0 amide bonds. The van der Waals surface area contributed by atoms with Crippen molar-refractivity contribution < 1.29 is 12.6 Å². The summed E-state index contributed by atoms with van der Waals surface area (Å²) in [7, 11) is -4.48. The molecule has 0 unspecified atom stereocenters. The summed E-state index contributed by atoms with van der Waals surface area (Å²) in [5, 5.41) is 0. The summed E-state index contributed by atoms with van der Waals surface area (Å²) in [6, 6.07) is 3.09. The molecule has 1 aromatic heterocycles. The van der Waals surface area contributed by atoms with E-state index in [1.54, 1.807) is 6.07 Å². The Kier molecular flexibility index (Phi) is 4.10. The Morgan fingerprint density at radius 2 is 2.06 bits per heavy atom. The highest BCUT2D eigenvalue weighted by Crippen LogP contribution is 2.19. The summed E-state index contributed by atoms with van der Waals surface area (Å²) in [5.41, 5.74) is 5.87. The van der Waals surface area contributed by atoms with E-state index in [1.165, 1.54) is 16.6 Å². The van der Waals surface area contributed by atoms with Gasteiger partial charge in [0.15, 0.2) is 0 Å². The van der Waals surface area contributed by atoms with Crippen molar-refractivity contribution >= 4 is 20.8 Å². The smallest absolute Gasteiger partial charge is 0.244 e. The number of sulfonamides is 1. The van der Waals surface area contributed by atoms with E-state index in [1.807, 2.05) is 0 Å². The van der Waals surface area contributed by atoms with Gasteiger partial charge in [-0.3, -0.25) is 9.19 Å². The molecule has 8 heteroatoms. The third-order valence-corrected chi connectivity index (χ3v) is 6.04. The highest BCUT2D eigenvalue weighted by Gasteiger charge is 2.29. The third kappa shape index (κ3) is 2.61. The van der Waals surface area contributed by atoms with Crippen molar-refractivity contribution in [3.63, 3.8) is 0 Å². The number of nitrogens with zero attached hydrogens (tertiary/aromatic N) is 2. The standard InChI is InChI=1S/C10H15N3O3S2/c11-8-9-10(2-1-3-12-9)18(15,16)13-4-6-17(14)7-5-13/h1-3H,4-8,11H2. The average Bonchev–Trinajstić information content (AvgIpc) is 2.39. The number of hydrogen-bond donors (Lipinski definition) is 1. The van der Waals surface area contributed by atoms with Crippen LogP contribution >= 0.6 is 0 Å². The maximum Gasteiger partial charge on any atom is 0.244 e.